The van der Waals surface area contributed by atoms with Crippen LogP contribution in [0.5, 0.6) is 5.75 Å². The third-order valence-corrected chi connectivity index (χ3v) is 4.97. The third kappa shape index (κ3) is 6.11. The van der Waals surface area contributed by atoms with Gasteiger partial charge in [-0.3, -0.25) is 9.59 Å². The molecule has 158 valence electrons. The molecular weight excluding hydrogens is 378 g/mol. The van der Waals surface area contributed by atoms with Gasteiger partial charge in [0.25, 0.3) is 0 Å². The van der Waals surface area contributed by atoms with Crippen LogP contribution in [0.1, 0.15) is 58.1 Å². The van der Waals surface area contributed by atoms with Gasteiger partial charge in [-0.1, -0.05) is 31.5 Å². The molecule has 6 nitrogen and oxygen atoms in total. The minimum absolute atomic E-state index is 0. The van der Waals surface area contributed by atoms with Crippen LogP contribution in [0.4, 0.5) is 0 Å². The Hall–Kier alpha value is -1.79. The summed E-state index contributed by atoms with van der Waals surface area (Å²) in [5.74, 6) is 0.426. The number of nitrogens with one attached hydrogen (secondary N) is 1. The topological polar surface area (TPSA) is 84.7 Å². The van der Waals surface area contributed by atoms with Crippen molar-refractivity contribution in [1.82, 2.24) is 10.2 Å². The molecule has 0 saturated carbocycles. The smallest absolute Gasteiger partial charge is 0.225 e. The molecule has 0 radical (unpaired) electrons. The Bertz CT molecular complexity index is 661. The predicted molar refractivity (Wildman–Crippen MR) is 114 cm³/mol. The summed E-state index contributed by atoms with van der Waals surface area (Å²) in [4.78, 5) is 27.6. The number of carbonyl (C=O) groups is 2. The van der Waals surface area contributed by atoms with Gasteiger partial charge < -0.3 is 20.7 Å². The number of nitrogens with zero attached hydrogens (tertiary/aromatic N) is 1. The van der Waals surface area contributed by atoms with E-state index in [9.17, 15) is 9.59 Å². The van der Waals surface area contributed by atoms with Crippen LogP contribution in [-0.2, 0) is 9.59 Å². The zero-order valence-electron chi connectivity index (χ0n) is 17.4. The number of ether oxygens (including phenoxy) is 1. The molecule has 0 aromatic heterocycles. The number of para-hydroxylation sites is 1. The molecule has 3 N–H and O–H groups in total. The lowest BCUT2D eigenvalue weighted by molar-refractivity contribution is -0.143. The quantitative estimate of drug-likeness (QED) is 0.688. The van der Waals surface area contributed by atoms with E-state index in [0.717, 1.165) is 18.4 Å². The van der Waals surface area contributed by atoms with Crippen molar-refractivity contribution in [3.05, 3.63) is 29.8 Å². The van der Waals surface area contributed by atoms with Crippen molar-refractivity contribution in [2.75, 3.05) is 20.2 Å². The lowest BCUT2D eigenvalue weighted by atomic mass is 9.82. The minimum Gasteiger partial charge on any atom is -0.496 e. The van der Waals surface area contributed by atoms with Crippen LogP contribution < -0.4 is 15.8 Å². The van der Waals surface area contributed by atoms with Crippen LogP contribution in [0.3, 0.4) is 0 Å². The number of amides is 2. The van der Waals surface area contributed by atoms with Crippen molar-refractivity contribution in [2.45, 2.75) is 58.0 Å². The van der Waals surface area contributed by atoms with E-state index in [0.29, 0.717) is 31.7 Å². The van der Waals surface area contributed by atoms with Crippen molar-refractivity contribution >= 4 is 24.2 Å². The van der Waals surface area contributed by atoms with Crippen LogP contribution in [0.15, 0.2) is 24.3 Å². The summed E-state index contributed by atoms with van der Waals surface area (Å²) in [6.07, 6.45) is 2.81. The molecule has 0 bridgehead atoms. The monoisotopic (exact) mass is 411 g/mol. The Kier molecular flexibility index (Phi) is 9.24. The van der Waals surface area contributed by atoms with E-state index in [4.69, 9.17) is 10.5 Å². The first-order chi connectivity index (χ1) is 12.8. The summed E-state index contributed by atoms with van der Waals surface area (Å²) in [5, 5.41) is 2.98. The van der Waals surface area contributed by atoms with E-state index in [1.807, 2.05) is 43.0 Å². The molecule has 7 heteroatoms. The van der Waals surface area contributed by atoms with Crippen LogP contribution in [0.2, 0.25) is 0 Å². The van der Waals surface area contributed by atoms with E-state index in [2.05, 4.69) is 12.2 Å². The molecule has 2 amide bonds. The first kappa shape index (κ1) is 24.2. The summed E-state index contributed by atoms with van der Waals surface area (Å²) in [7, 11) is 1.62. The highest BCUT2D eigenvalue weighted by Crippen LogP contribution is 2.40. The molecule has 1 fully saturated rings. The van der Waals surface area contributed by atoms with Gasteiger partial charge in [0, 0.05) is 30.6 Å². The largest absolute Gasteiger partial charge is 0.496 e. The number of carbonyl (C=O) groups excluding carboxylic acids is 2. The molecule has 1 heterocycles. The van der Waals surface area contributed by atoms with Crippen molar-refractivity contribution in [3.63, 3.8) is 0 Å². The Morgan fingerprint density at radius 2 is 2.04 bits per heavy atom. The lowest BCUT2D eigenvalue weighted by Gasteiger charge is -2.41. The zero-order valence-corrected chi connectivity index (χ0v) is 18.2. The maximum absolute atomic E-state index is 13.0. The molecule has 0 spiro atoms. The Labute approximate surface area is 174 Å². The second-order valence-electron chi connectivity index (χ2n) is 7.98. The molecule has 1 aromatic carbocycles. The third-order valence-electron chi connectivity index (χ3n) is 4.97. The van der Waals surface area contributed by atoms with E-state index < -0.39 is 5.54 Å². The molecule has 1 aliphatic rings. The maximum Gasteiger partial charge on any atom is 0.225 e. The first-order valence-corrected chi connectivity index (χ1v) is 9.77. The van der Waals surface area contributed by atoms with Crippen molar-refractivity contribution in [1.29, 1.82) is 0 Å². The Morgan fingerprint density at radius 1 is 1.36 bits per heavy atom. The minimum atomic E-state index is -0.484. The predicted octanol–water partition coefficient (Wildman–Crippen LogP) is 3.05. The SMILES string of the molecule is CCCCN1C(=O)CCC(C(=O)NCC(C)(C)N)C1c1ccccc1OC.Cl. The number of hydrogen-bond donors (Lipinski definition) is 2. The van der Waals surface area contributed by atoms with Gasteiger partial charge in [0.2, 0.25) is 11.8 Å². The average Bonchev–Trinajstić information content (AvgIpc) is 2.64. The van der Waals surface area contributed by atoms with Gasteiger partial charge in [-0.2, -0.15) is 0 Å². The Balaban J connectivity index is 0.00000392. The highest BCUT2D eigenvalue weighted by molar-refractivity contribution is 5.85. The normalized spacial score (nSPS) is 19.8. The van der Waals surface area contributed by atoms with E-state index in [-0.39, 0.29) is 36.2 Å². The van der Waals surface area contributed by atoms with Crippen molar-refractivity contribution in [3.8, 4) is 5.75 Å². The summed E-state index contributed by atoms with van der Waals surface area (Å²) < 4.78 is 5.54. The molecule has 1 saturated heterocycles. The van der Waals surface area contributed by atoms with E-state index >= 15 is 0 Å². The number of rotatable bonds is 8. The molecule has 2 rings (SSSR count). The Morgan fingerprint density at radius 3 is 2.64 bits per heavy atom. The zero-order chi connectivity index (χ0) is 20.0. The molecule has 28 heavy (non-hydrogen) atoms. The number of methoxy groups -OCH3 is 1. The van der Waals surface area contributed by atoms with Gasteiger partial charge in [-0.25, -0.2) is 0 Å². The van der Waals surface area contributed by atoms with Gasteiger partial charge >= 0.3 is 0 Å². The van der Waals surface area contributed by atoms with Gasteiger partial charge in [0.15, 0.2) is 0 Å². The van der Waals surface area contributed by atoms with Crippen molar-refractivity contribution < 1.29 is 14.3 Å². The molecule has 1 aliphatic heterocycles. The number of unbranched alkanes of at least 4 members (excludes halogenated alkanes) is 1. The molecule has 2 atom stereocenters. The highest BCUT2D eigenvalue weighted by atomic mass is 35.5. The molecule has 2 unspecified atom stereocenters. The number of halogens is 1. The van der Waals surface area contributed by atoms with E-state index in [1.165, 1.54) is 0 Å². The maximum atomic E-state index is 13.0. The highest BCUT2D eigenvalue weighted by Gasteiger charge is 2.41. The van der Waals surface area contributed by atoms with Crippen molar-refractivity contribution in [2.24, 2.45) is 11.7 Å². The standard InChI is InChI=1S/C21H33N3O3.ClH/c1-5-6-13-24-18(25)12-11-16(20(26)23-14-21(2,3)22)19(24)15-9-7-8-10-17(15)27-4;/h7-10,16,19H,5-6,11-14,22H2,1-4H3,(H,23,26);1H. The lowest BCUT2D eigenvalue weighted by Crippen LogP contribution is -2.51. The second-order valence-corrected chi connectivity index (χ2v) is 7.98. The van der Waals surface area contributed by atoms with Crippen LogP contribution in [0, 0.1) is 5.92 Å². The number of nitrogens with two attached hydrogens (primary N) is 1. The fourth-order valence-corrected chi connectivity index (χ4v) is 3.56. The summed E-state index contributed by atoms with van der Waals surface area (Å²) in [5.41, 5.74) is 6.42. The summed E-state index contributed by atoms with van der Waals surface area (Å²) in [6.45, 7) is 6.89. The van der Waals surface area contributed by atoms with Crippen LogP contribution >= 0.6 is 12.4 Å². The van der Waals surface area contributed by atoms with Gasteiger partial charge in [0.1, 0.15) is 5.75 Å². The second kappa shape index (κ2) is 10.7. The number of hydrogen-bond acceptors (Lipinski definition) is 4. The van der Waals surface area contributed by atoms with E-state index in [1.54, 1.807) is 7.11 Å². The molecule has 0 aliphatic carbocycles. The van der Waals surface area contributed by atoms with Gasteiger partial charge in [-0.15, -0.1) is 12.4 Å². The molecular formula is C21H34ClN3O3. The van der Waals surface area contributed by atoms with Gasteiger partial charge in [-0.05, 0) is 32.8 Å². The first-order valence-electron chi connectivity index (χ1n) is 9.77. The fraction of sp³-hybridized carbons (Fsp3) is 0.619. The van der Waals surface area contributed by atoms with Gasteiger partial charge in [0.05, 0.1) is 19.1 Å². The average molecular weight is 412 g/mol. The fourth-order valence-electron chi connectivity index (χ4n) is 3.56. The number of benzene rings is 1. The van der Waals surface area contributed by atoms with Crippen LogP contribution in [-0.4, -0.2) is 42.5 Å². The summed E-state index contributed by atoms with van der Waals surface area (Å²) in [6, 6.07) is 7.33. The number of piperidine rings is 1. The summed E-state index contributed by atoms with van der Waals surface area (Å²) >= 11 is 0. The van der Waals surface area contributed by atoms with Crippen LogP contribution in [0.25, 0.3) is 0 Å². The molecule has 1 aromatic rings. The number of likely N-dealkylation sites (tertiary alicyclic amines) is 1.